The van der Waals surface area contributed by atoms with E-state index in [1.807, 2.05) is 45.1 Å². The minimum absolute atomic E-state index is 0.528. The molecule has 0 saturated carbocycles. The molecule has 3 rings (SSSR count). The first-order valence-electron chi connectivity index (χ1n) is 18.2. The second-order valence-corrected chi connectivity index (χ2v) is 19.8. The number of nitrogens with two attached hydrogens (primary N) is 1. The fourth-order valence-electron chi connectivity index (χ4n) is 6.20. The zero-order valence-electron chi connectivity index (χ0n) is 30.7. The molecule has 0 amide bonds. The van der Waals surface area contributed by atoms with Crippen LogP contribution in [0.25, 0.3) is 0 Å². The second-order valence-electron chi connectivity index (χ2n) is 12.5. The fourth-order valence-corrected chi connectivity index (χ4v) is 12.6. The van der Waals surface area contributed by atoms with Gasteiger partial charge in [0.1, 0.15) is 0 Å². The summed E-state index contributed by atoms with van der Waals surface area (Å²) in [6, 6.07) is 34.1. The van der Waals surface area contributed by atoms with Crippen LogP contribution in [0.2, 0.25) is 0 Å². The molecule has 5 heteroatoms. The molecule has 2 unspecified atom stereocenters. The number of halogens is 1. The molecule has 260 valence electrons. The molecule has 47 heavy (non-hydrogen) atoms. The molecule has 0 fully saturated rings. The van der Waals surface area contributed by atoms with Crippen LogP contribution in [0.1, 0.15) is 66.2 Å². The number of hydrogen-bond donors (Lipinski definition) is 1. The Morgan fingerprint density at radius 1 is 0.723 bits per heavy atom. The van der Waals surface area contributed by atoms with Crippen LogP contribution < -0.4 is 21.6 Å². The van der Waals surface area contributed by atoms with Gasteiger partial charge in [0.15, 0.2) is 0 Å². The van der Waals surface area contributed by atoms with Crippen LogP contribution in [-0.2, 0) is 0 Å². The maximum atomic E-state index is 5.84. The van der Waals surface area contributed by atoms with Crippen LogP contribution in [0.15, 0.2) is 115 Å². The van der Waals surface area contributed by atoms with E-state index in [9.17, 15) is 0 Å². The van der Waals surface area contributed by atoms with E-state index in [2.05, 4.69) is 128 Å². The first kappa shape index (κ1) is 43.4. The third-order valence-electron chi connectivity index (χ3n) is 8.79. The van der Waals surface area contributed by atoms with Crippen molar-refractivity contribution in [3.8, 4) is 0 Å². The molecule has 2 nitrogen and oxygen atoms in total. The Morgan fingerprint density at radius 2 is 1.23 bits per heavy atom. The topological polar surface area (TPSA) is 26.0 Å². The molecule has 0 bridgehead atoms. The molecule has 0 radical (unpaired) electrons. The molecule has 2 N–H and O–H groups in total. The van der Waals surface area contributed by atoms with Crippen LogP contribution in [0.5, 0.6) is 0 Å². The molecule has 3 aromatic carbocycles. The monoisotopic (exact) mass is 741 g/mol. The van der Waals surface area contributed by atoms with Gasteiger partial charge in [0.05, 0.1) is 75.0 Å². The summed E-state index contributed by atoms with van der Waals surface area (Å²) in [5.41, 5.74) is 5.84. The van der Waals surface area contributed by atoms with Crippen LogP contribution in [0.3, 0.4) is 0 Å². The summed E-state index contributed by atoms with van der Waals surface area (Å²) in [6.07, 6.45) is 19.9. The normalized spacial score (nSPS) is 13.4. The number of quaternary nitrogens is 1. The molecule has 0 aliphatic heterocycles. The molecule has 2 atom stereocenters. The molecule has 0 saturated heterocycles. The predicted molar refractivity (Wildman–Crippen MR) is 226 cm³/mol. The van der Waals surface area contributed by atoms with Gasteiger partial charge in [0, 0.05) is 19.7 Å². The van der Waals surface area contributed by atoms with Crippen molar-refractivity contribution in [2.75, 3.05) is 63.7 Å². The minimum Gasteiger partial charge on any atom is -0.330 e. The summed E-state index contributed by atoms with van der Waals surface area (Å²) < 4.78 is 1.20. The number of benzene rings is 3. The molecule has 3 aromatic rings. The van der Waals surface area contributed by atoms with Gasteiger partial charge in [-0.25, -0.2) is 0 Å². The number of allylic oxidation sites excluding steroid dienone is 4. The Bertz CT molecular complexity index is 1150. The van der Waals surface area contributed by atoms with E-state index in [-0.39, 0.29) is 0 Å². The highest BCUT2D eigenvalue weighted by molar-refractivity contribution is 9.09. The molecule has 0 aliphatic carbocycles. The smallest absolute Gasteiger partial charge is 0.0988 e. The van der Waals surface area contributed by atoms with Gasteiger partial charge in [-0.15, -0.1) is 0 Å². The lowest BCUT2D eigenvalue weighted by Gasteiger charge is -2.34. The molecule has 0 aliphatic rings. The van der Waals surface area contributed by atoms with Crippen molar-refractivity contribution in [2.45, 2.75) is 66.2 Å². The third-order valence-corrected chi connectivity index (χ3v) is 16.3. The lowest BCUT2D eigenvalue weighted by molar-refractivity contribution is -0.909. The summed E-state index contributed by atoms with van der Waals surface area (Å²) >= 11 is 3.26. The largest absolute Gasteiger partial charge is 0.330 e. The van der Waals surface area contributed by atoms with Crippen molar-refractivity contribution in [3.63, 3.8) is 0 Å². The van der Waals surface area contributed by atoms with Gasteiger partial charge < -0.3 is 10.2 Å². The number of nitrogens with zero attached hydrogens (tertiary/aromatic N) is 1. The predicted octanol–water partition coefficient (Wildman–Crippen LogP) is 10.1. The van der Waals surface area contributed by atoms with E-state index in [1.165, 1.54) is 74.7 Å². The summed E-state index contributed by atoms with van der Waals surface area (Å²) in [5.74, 6) is 0. The first-order chi connectivity index (χ1) is 22.9. The lowest BCUT2D eigenvalue weighted by atomic mass is 10.2. The van der Waals surface area contributed by atoms with Crippen LogP contribution in [-0.4, -0.2) is 68.2 Å². The highest BCUT2D eigenvalue weighted by atomic mass is 79.9. The zero-order chi connectivity index (χ0) is 34.6. The lowest BCUT2D eigenvalue weighted by Crippen LogP contribution is -2.46. The average molecular weight is 743 g/mol. The van der Waals surface area contributed by atoms with Crippen LogP contribution in [0.4, 0.5) is 0 Å². The highest BCUT2D eigenvalue weighted by Crippen LogP contribution is 2.53. The molecular formula is C42H68BrN2P2+3. The minimum atomic E-state index is -1.37. The number of hydrogen-bond acceptors (Lipinski definition) is 1. The summed E-state index contributed by atoms with van der Waals surface area (Å²) in [7, 11) is 0.551. The molecule has 0 aromatic heterocycles. The van der Waals surface area contributed by atoms with Gasteiger partial charge in [-0.2, -0.15) is 0 Å². The van der Waals surface area contributed by atoms with E-state index in [4.69, 9.17) is 5.73 Å². The van der Waals surface area contributed by atoms with Gasteiger partial charge in [-0.05, 0) is 82.0 Å². The van der Waals surface area contributed by atoms with Crippen molar-refractivity contribution in [2.24, 2.45) is 5.73 Å². The summed E-state index contributed by atoms with van der Waals surface area (Å²) in [6.45, 7) is 15.5. The Balaban J connectivity index is 0.00000108. The van der Waals surface area contributed by atoms with Crippen LogP contribution in [0, 0.1) is 0 Å². The summed E-state index contributed by atoms with van der Waals surface area (Å²) in [4.78, 5) is 0. The third kappa shape index (κ3) is 17.6. The van der Waals surface area contributed by atoms with E-state index in [0.29, 0.717) is 0 Å². The Hall–Kier alpha value is -1.60. The average Bonchev–Trinajstić information content (AvgIpc) is 3.12. The standard InChI is InChI=1S/C34H52N2P2.C6H9Br.C2H6/c1-4-26-36(2,28-18-25-35)27-14-15-29-37(32-19-8-5-9-20-32)30-16-17-31-38(3,33-21-10-6-11-22-33)34-23-12-7-13-24-34;1-2-3-4-5-6-7;1-2/h5-13,19-24H,4,14-18,25-31,35H2,1-3H3;2-5H,6H2,1H3;1-2H3/q+2;;/p+1/b;3-2-,5-4-;. The van der Waals surface area contributed by atoms with Crippen molar-refractivity contribution in [1.29, 1.82) is 0 Å². The zero-order valence-corrected chi connectivity index (χ0v) is 34.2. The van der Waals surface area contributed by atoms with Gasteiger partial charge in [-0.1, -0.05) is 116 Å². The summed E-state index contributed by atoms with van der Waals surface area (Å²) in [5, 5.41) is 5.66. The first-order valence-corrected chi connectivity index (χ1v) is 23.6. The number of alkyl halides is 1. The van der Waals surface area contributed by atoms with Crippen molar-refractivity contribution >= 4 is 47.0 Å². The molecular weight excluding hydrogens is 674 g/mol. The second kappa shape index (κ2) is 27.2. The van der Waals surface area contributed by atoms with Crippen molar-refractivity contribution < 1.29 is 4.48 Å². The van der Waals surface area contributed by atoms with E-state index in [0.717, 1.165) is 18.3 Å². The van der Waals surface area contributed by atoms with Gasteiger partial charge in [0.25, 0.3) is 0 Å². The van der Waals surface area contributed by atoms with Crippen molar-refractivity contribution in [1.82, 2.24) is 0 Å². The number of unbranched alkanes of at least 4 members (excludes halogenated alkanes) is 2. The fraction of sp³-hybridized carbons (Fsp3) is 0.476. The van der Waals surface area contributed by atoms with E-state index < -0.39 is 15.2 Å². The highest BCUT2D eigenvalue weighted by Gasteiger charge is 2.36. The number of rotatable bonds is 20. The van der Waals surface area contributed by atoms with Gasteiger partial charge in [0.2, 0.25) is 0 Å². The molecule has 0 spiro atoms. The van der Waals surface area contributed by atoms with Gasteiger partial charge in [-0.3, -0.25) is 0 Å². The Labute approximate surface area is 301 Å². The van der Waals surface area contributed by atoms with Crippen molar-refractivity contribution in [3.05, 3.63) is 115 Å². The van der Waals surface area contributed by atoms with Gasteiger partial charge >= 0.3 is 0 Å². The SMILES string of the molecule is C/C=C\C=C/CBr.CC.CCC[N+](C)(CCCN)CCCC[PH+](CCCC[P+](C)(c1ccccc1)c1ccccc1)c1ccccc1. The quantitative estimate of drug-likeness (QED) is 0.0403. The van der Waals surface area contributed by atoms with Crippen LogP contribution >= 0.6 is 31.1 Å². The van der Waals surface area contributed by atoms with E-state index >= 15 is 0 Å². The Kier molecular flexibility index (Phi) is 25.2. The van der Waals surface area contributed by atoms with E-state index in [1.54, 1.807) is 15.9 Å². The Morgan fingerprint density at radius 3 is 1.72 bits per heavy atom. The maximum Gasteiger partial charge on any atom is 0.0988 e. The maximum absolute atomic E-state index is 5.84. The molecule has 0 heterocycles.